The van der Waals surface area contributed by atoms with E-state index in [0.29, 0.717) is 12.2 Å². The zero-order valence-corrected chi connectivity index (χ0v) is 19.2. The summed E-state index contributed by atoms with van der Waals surface area (Å²) in [4.78, 5) is 11.3. The normalized spacial score (nSPS) is 12.8. The molecule has 1 aromatic heterocycles. The van der Waals surface area contributed by atoms with Gasteiger partial charge in [0.2, 0.25) is 5.91 Å². The molecule has 2 N–H and O–H groups in total. The smallest absolute Gasteiger partial charge is 0.221 e. The number of rotatable bonds is 5. The van der Waals surface area contributed by atoms with Gasteiger partial charge in [-0.1, -0.05) is 32.0 Å². The van der Waals surface area contributed by atoms with E-state index in [1.165, 1.54) is 6.92 Å². The fourth-order valence-corrected chi connectivity index (χ4v) is 4.24. The average Bonchev–Trinajstić information content (AvgIpc) is 3.13. The van der Waals surface area contributed by atoms with Crippen molar-refractivity contribution in [3.05, 3.63) is 64.4 Å². The maximum atomic E-state index is 15.3. The predicted molar refractivity (Wildman–Crippen MR) is 125 cm³/mol. The second kappa shape index (κ2) is 9.79. The molecule has 1 amide bonds. The van der Waals surface area contributed by atoms with Crippen LogP contribution in [-0.4, -0.2) is 22.2 Å². The van der Waals surface area contributed by atoms with E-state index in [0.717, 1.165) is 66.0 Å². The van der Waals surface area contributed by atoms with Crippen LogP contribution < -0.4 is 10.6 Å². The molecule has 4 rings (SSSR count). The standard InChI is InChI=1S/C24H26F2N4O.ClH/c1-4-15-7-6-8-16(5-2)23(15)30-24(18-13-27-10-9-21(18)29-30)17-11-20(26)22(12-19(17)25)28-14(3)31;/h6-8,11-12,27H,4-5,9-10,13H2,1-3H3,(H,28,31);1H. The highest BCUT2D eigenvalue weighted by molar-refractivity contribution is 5.89. The molecule has 2 heterocycles. The first kappa shape index (κ1) is 23.9. The number of anilines is 1. The summed E-state index contributed by atoms with van der Waals surface area (Å²) < 4.78 is 31.9. The Balaban J connectivity index is 0.00000289. The van der Waals surface area contributed by atoms with Gasteiger partial charge in [-0.3, -0.25) is 4.79 Å². The highest BCUT2D eigenvalue weighted by Gasteiger charge is 2.27. The van der Waals surface area contributed by atoms with Crippen molar-refractivity contribution in [2.75, 3.05) is 11.9 Å². The summed E-state index contributed by atoms with van der Waals surface area (Å²) in [5, 5.41) is 10.5. The molecule has 0 unspecified atom stereocenters. The molecule has 0 saturated heterocycles. The zero-order valence-electron chi connectivity index (χ0n) is 18.4. The number of nitrogens with one attached hydrogen (secondary N) is 2. The molecule has 0 atom stereocenters. The van der Waals surface area contributed by atoms with E-state index in [1.807, 2.05) is 18.2 Å². The van der Waals surface area contributed by atoms with E-state index >= 15 is 4.39 Å². The zero-order chi connectivity index (χ0) is 22.1. The number of benzene rings is 2. The van der Waals surface area contributed by atoms with Gasteiger partial charge in [0, 0.05) is 43.6 Å². The molecule has 2 aromatic carbocycles. The molecule has 5 nitrogen and oxygen atoms in total. The molecule has 8 heteroatoms. The molecule has 0 aliphatic carbocycles. The summed E-state index contributed by atoms with van der Waals surface area (Å²) in [5.41, 5.74) is 5.43. The van der Waals surface area contributed by atoms with E-state index < -0.39 is 17.5 Å². The van der Waals surface area contributed by atoms with Gasteiger partial charge in [0.05, 0.1) is 22.8 Å². The maximum Gasteiger partial charge on any atom is 0.221 e. The lowest BCUT2D eigenvalue weighted by Gasteiger charge is -2.18. The minimum absolute atomic E-state index is 0. The summed E-state index contributed by atoms with van der Waals surface area (Å²) in [5.74, 6) is -1.75. The van der Waals surface area contributed by atoms with E-state index in [2.05, 4.69) is 24.5 Å². The van der Waals surface area contributed by atoms with Gasteiger partial charge in [0.25, 0.3) is 0 Å². The van der Waals surface area contributed by atoms with Crippen LogP contribution in [0.4, 0.5) is 14.5 Å². The van der Waals surface area contributed by atoms with Crippen LogP contribution in [0.2, 0.25) is 0 Å². The highest BCUT2D eigenvalue weighted by atomic mass is 35.5. The Bertz CT molecular complexity index is 1140. The number of amides is 1. The lowest BCUT2D eigenvalue weighted by Crippen LogP contribution is -2.23. The first-order valence-electron chi connectivity index (χ1n) is 10.6. The van der Waals surface area contributed by atoms with Crippen molar-refractivity contribution < 1.29 is 13.6 Å². The first-order chi connectivity index (χ1) is 14.9. The van der Waals surface area contributed by atoms with Crippen LogP contribution in [0.15, 0.2) is 30.3 Å². The Hall–Kier alpha value is -2.77. The van der Waals surface area contributed by atoms with Gasteiger partial charge >= 0.3 is 0 Å². The third kappa shape index (κ3) is 4.27. The molecular weight excluding hydrogens is 434 g/mol. The molecule has 0 spiro atoms. The highest BCUT2D eigenvalue weighted by Crippen LogP contribution is 2.36. The summed E-state index contributed by atoms with van der Waals surface area (Å²) in [6.45, 7) is 6.74. The molecule has 1 aliphatic heterocycles. The van der Waals surface area contributed by atoms with Crippen molar-refractivity contribution in [3.63, 3.8) is 0 Å². The minimum Gasteiger partial charge on any atom is -0.324 e. The van der Waals surface area contributed by atoms with Crippen LogP contribution in [0, 0.1) is 11.6 Å². The van der Waals surface area contributed by atoms with Gasteiger partial charge in [0.15, 0.2) is 0 Å². The molecule has 32 heavy (non-hydrogen) atoms. The number of halogens is 3. The largest absolute Gasteiger partial charge is 0.324 e. The molecule has 3 aromatic rings. The summed E-state index contributed by atoms with van der Waals surface area (Å²) in [7, 11) is 0. The van der Waals surface area contributed by atoms with Gasteiger partial charge in [-0.05, 0) is 30.0 Å². The number of carbonyl (C=O) groups excluding carboxylic acids is 1. The molecule has 0 saturated carbocycles. The quantitative estimate of drug-likeness (QED) is 0.565. The van der Waals surface area contributed by atoms with E-state index in [4.69, 9.17) is 5.10 Å². The minimum atomic E-state index is -0.684. The van der Waals surface area contributed by atoms with Crippen molar-refractivity contribution in [1.29, 1.82) is 0 Å². The lowest BCUT2D eigenvalue weighted by atomic mass is 9.99. The second-order valence-electron chi connectivity index (χ2n) is 7.74. The SMILES string of the molecule is CCc1cccc(CC)c1-n1nc2c(c1-c1cc(F)c(NC(C)=O)cc1F)CNCC2.Cl. The summed E-state index contributed by atoms with van der Waals surface area (Å²) in [6, 6.07) is 8.32. The summed E-state index contributed by atoms with van der Waals surface area (Å²) >= 11 is 0. The molecule has 0 radical (unpaired) electrons. The monoisotopic (exact) mass is 460 g/mol. The van der Waals surface area contributed by atoms with E-state index in [-0.39, 0.29) is 23.7 Å². The number of carbonyl (C=O) groups is 1. The molecular formula is C24H27ClF2N4O. The number of hydrogen-bond donors (Lipinski definition) is 2. The van der Waals surface area contributed by atoms with Gasteiger partial charge in [-0.15, -0.1) is 12.4 Å². The first-order valence-corrected chi connectivity index (χ1v) is 10.6. The Morgan fingerprint density at radius 2 is 1.84 bits per heavy atom. The van der Waals surface area contributed by atoms with E-state index in [9.17, 15) is 9.18 Å². The fourth-order valence-electron chi connectivity index (χ4n) is 4.24. The van der Waals surface area contributed by atoms with Crippen molar-refractivity contribution >= 4 is 24.0 Å². The second-order valence-corrected chi connectivity index (χ2v) is 7.74. The lowest BCUT2D eigenvalue weighted by molar-refractivity contribution is -0.114. The molecule has 0 bridgehead atoms. The molecule has 0 fully saturated rings. The number of aryl methyl sites for hydroxylation is 2. The molecule has 1 aliphatic rings. The Kier molecular flexibility index (Phi) is 7.31. The van der Waals surface area contributed by atoms with Crippen LogP contribution in [0.5, 0.6) is 0 Å². The van der Waals surface area contributed by atoms with Crippen LogP contribution in [0.25, 0.3) is 16.9 Å². The molecule has 170 valence electrons. The van der Waals surface area contributed by atoms with Crippen LogP contribution in [-0.2, 0) is 30.6 Å². The Labute approximate surface area is 192 Å². The van der Waals surface area contributed by atoms with Gasteiger partial charge < -0.3 is 10.6 Å². The van der Waals surface area contributed by atoms with Crippen molar-refractivity contribution in [1.82, 2.24) is 15.1 Å². The predicted octanol–water partition coefficient (Wildman–Crippen LogP) is 4.97. The Morgan fingerprint density at radius 3 is 2.47 bits per heavy atom. The van der Waals surface area contributed by atoms with Crippen LogP contribution >= 0.6 is 12.4 Å². The van der Waals surface area contributed by atoms with Gasteiger partial charge in [0.1, 0.15) is 11.6 Å². The van der Waals surface area contributed by atoms with Crippen molar-refractivity contribution in [2.24, 2.45) is 0 Å². The van der Waals surface area contributed by atoms with Crippen molar-refractivity contribution in [3.8, 4) is 16.9 Å². The average molecular weight is 461 g/mol. The number of para-hydroxylation sites is 1. The number of aromatic nitrogens is 2. The van der Waals surface area contributed by atoms with Gasteiger partial charge in [-0.25, -0.2) is 13.5 Å². The fraction of sp³-hybridized carbons (Fsp3) is 0.333. The maximum absolute atomic E-state index is 15.3. The van der Waals surface area contributed by atoms with Crippen molar-refractivity contribution in [2.45, 2.75) is 46.6 Å². The van der Waals surface area contributed by atoms with Crippen LogP contribution in [0.3, 0.4) is 0 Å². The third-order valence-corrected chi connectivity index (χ3v) is 5.71. The number of fused-ring (bicyclic) bond motifs is 1. The Morgan fingerprint density at radius 1 is 1.16 bits per heavy atom. The topological polar surface area (TPSA) is 59.0 Å². The summed E-state index contributed by atoms with van der Waals surface area (Å²) in [6.07, 6.45) is 2.31. The number of hydrogen-bond acceptors (Lipinski definition) is 3. The number of nitrogens with zero attached hydrogens (tertiary/aromatic N) is 2. The van der Waals surface area contributed by atoms with Gasteiger partial charge in [-0.2, -0.15) is 5.10 Å². The van der Waals surface area contributed by atoms with E-state index in [1.54, 1.807) is 4.68 Å². The van der Waals surface area contributed by atoms with Crippen LogP contribution in [0.1, 0.15) is 43.2 Å². The third-order valence-electron chi connectivity index (χ3n) is 5.71.